The predicted octanol–water partition coefficient (Wildman–Crippen LogP) is 1.92. The minimum absolute atomic E-state index is 0.00648. The van der Waals surface area contributed by atoms with Crippen LogP contribution in [0.4, 0.5) is 17.6 Å². The molecule has 2 aromatic heterocycles. The van der Waals surface area contributed by atoms with Crippen LogP contribution in [0.5, 0.6) is 0 Å². The second kappa shape index (κ2) is 7.85. The van der Waals surface area contributed by atoms with Crippen molar-refractivity contribution in [3.63, 3.8) is 0 Å². The number of hydrogen-bond donors (Lipinski definition) is 2. The summed E-state index contributed by atoms with van der Waals surface area (Å²) in [6.07, 6.45) is 2.80. The highest BCUT2D eigenvalue weighted by atomic mass is 32.2. The van der Waals surface area contributed by atoms with Crippen molar-refractivity contribution in [2.75, 3.05) is 24.1 Å². The zero-order valence-electron chi connectivity index (χ0n) is 16.7. The van der Waals surface area contributed by atoms with Gasteiger partial charge < -0.3 is 15.6 Å². The van der Waals surface area contributed by atoms with Gasteiger partial charge in [-0.25, -0.2) is 12.7 Å². The lowest BCUT2D eigenvalue weighted by molar-refractivity contribution is 0.270. The van der Waals surface area contributed by atoms with Gasteiger partial charge >= 0.3 is 0 Å². The number of nitrogens with two attached hydrogens (primary N) is 1. The molecule has 5 rings (SSSR count). The molecule has 2 fully saturated rings. The molecular weight excluding hydrogens is 420 g/mol. The maximum atomic E-state index is 12.4. The van der Waals surface area contributed by atoms with Gasteiger partial charge in [-0.3, -0.25) is 0 Å². The summed E-state index contributed by atoms with van der Waals surface area (Å²) in [4.78, 5) is 17.0. The van der Waals surface area contributed by atoms with Crippen molar-refractivity contribution in [3.8, 4) is 11.6 Å². The van der Waals surface area contributed by atoms with E-state index in [1.165, 1.54) is 0 Å². The number of para-hydroxylation sites is 1. The van der Waals surface area contributed by atoms with Crippen molar-refractivity contribution < 1.29 is 12.9 Å². The number of sulfonamides is 1. The second-order valence-corrected chi connectivity index (χ2v) is 9.92. The van der Waals surface area contributed by atoms with Crippen molar-refractivity contribution in [3.05, 3.63) is 36.2 Å². The van der Waals surface area contributed by atoms with Gasteiger partial charge in [-0.15, -0.1) is 0 Å². The van der Waals surface area contributed by atoms with Crippen LogP contribution in [0.25, 0.3) is 11.6 Å². The minimum atomic E-state index is -3.15. The fourth-order valence-electron chi connectivity index (χ4n) is 3.62. The normalized spacial score (nSPS) is 18.2. The summed E-state index contributed by atoms with van der Waals surface area (Å²) in [5.41, 5.74) is 6.64. The Labute approximate surface area is 179 Å². The zero-order valence-corrected chi connectivity index (χ0v) is 17.5. The van der Waals surface area contributed by atoms with Gasteiger partial charge in [0.2, 0.25) is 39.5 Å². The Bertz CT molecular complexity index is 1170. The first-order valence-corrected chi connectivity index (χ1v) is 11.7. The number of rotatable bonds is 6. The molecule has 31 heavy (non-hydrogen) atoms. The average Bonchev–Trinajstić information content (AvgIpc) is 3.52. The number of nitrogens with zero attached hydrogens (tertiary/aromatic N) is 6. The van der Waals surface area contributed by atoms with Crippen LogP contribution in [0.15, 0.2) is 34.9 Å². The lowest BCUT2D eigenvalue weighted by Gasteiger charge is -2.29. The lowest BCUT2D eigenvalue weighted by atomic mass is 9.98. The van der Waals surface area contributed by atoms with E-state index in [1.54, 1.807) is 4.31 Å². The van der Waals surface area contributed by atoms with Crippen LogP contribution in [0.3, 0.4) is 0 Å². The van der Waals surface area contributed by atoms with Gasteiger partial charge in [0.15, 0.2) is 0 Å². The largest absolute Gasteiger partial charge is 0.368 e. The first kappa shape index (κ1) is 19.8. The monoisotopic (exact) mass is 442 g/mol. The maximum Gasteiger partial charge on any atom is 0.240 e. The molecule has 0 spiro atoms. The SMILES string of the molecule is Nc1nc(Nc2ccccc2)nc(-c2noc(C3CCN(S(=O)(=O)C4CC4)CC3)n2)n1. The molecule has 0 bridgehead atoms. The Morgan fingerprint density at radius 2 is 1.71 bits per heavy atom. The number of nitrogens with one attached hydrogen (secondary N) is 1. The molecule has 1 saturated carbocycles. The molecule has 1 aliphatic carbocycles. The fourth-order valence-corrected chi connectivity index (χ4v) is 5.50. The van der Waals surface area contributed by atoms with Crippen molar-refractivity contribution in [2.45, 2.75) is 36.9 Å². The molecule has 0 radical (unpaired) electrons. The van der Waals surface area contributed by atoms with Crippen LogP contribution in [0, 0.1) is 0 Å². The van der Waals surface area contributed by atoms with Crippen molar-refractivity contribution in [1.29, 1.82) is 0 Å². The van der Waals surface area contributed by atoms with Gasteiger partial charge in [-0.1, -0.05) is 23.4 Å². The van der Waals surface area contributed by atoms with Gasteiger partial charge in [0, 0.05) is 24.7 Å². The molecule has 0 atom stereocenters. The third-order valence-electron chi connectivity index (χ3n) is 5.43. The van der Waals surface area contributed by atoms with Crippen LogP contribution in [0.2, 0.25) is 0 Å². The molecule has 2 aliphatic rings. The Kier molecular flexibility index (Phi) is 5.02. The summed E-state index contributed by atoms with van der Waals surface area (Å²) < 4.78 is 31.9. The Morgan fingerprint density at radius 1 is 0.968 bits per heavy atom. The van der Waals surface area contributed by atoms with Crippen LogP contribution in [-0.4, -0.2) is 56.2 Å². The van der Waals surface area contributed by atoms with E-state index in [9.17, 15) is 8.42 Å². The van der Waals surface area contributed by atoms with E-state index >= 15 is 0 Å². The van der Waals surface area contributed by atoms with Crippen molar-refractivity contribution >= 4 is 27.6 Å². The van der Waals surface area contributed by atoms with Gasteiger partial charge in [-0.05, 0) is 37.8 Å². The molecule has 0 unspecified atom stereocenters. The van der Waals surface area contributed by atoms with Crippen LogP contribution in [0.1, 0.15) is 37.5 Å². The maximum absolute atomic E-state index is 12.4. The van der Waals surface area contributed by atoms with Crippen molar-refractivity contribution in [1.82, 2.24) is 29.4 Å². The summed E-state index contributed by atoms with van der Waals surface area (Å²) in [5, 5.41) is 6.88. The first-order chi connectivity index (χ1) is 15.0. The Balaban J connectivity index is 1.29. The summed E-state index contributed by atoms with van der Waals surface area (Å²) in [6.45, 7) is 0.927. The van der Waals surface area contributed by atoms with E-state index in [-0.39, 0.29) is 34.7 Å². The summed E-state index contributed by atoms with van der Waals surface area (Å²) in [7, 11) is -3.15. The molecule has 162 valence electrons. The van der Waals surface area contributed by atoms with Gasteiger partial charge in [0.05, 0.1) is 5.25 Å². The Morgan fingerprint density at radius 3 is 2.42 bits per heavy atom. The topological polar surface area (TPSA) is 153 Å². The van der Waals surface area contributed by atoms with E-state index in [4.69, 9.17) is 10.3 Å². The van der Waals surface area contributed by atoms with Gasteiger partial charge in [0.1, 0.15) is 0 Å². The molecule has 1 aromatic carbocycles. The average molecular weight is 443 g/mol. The molecule has 12 heteroatoms. The smallest absolute Gasteiger partial charge is 0.240 e. The van der Waals surface area contributed by atoms with Gasteiger partial charge in [0.25, 0.3) is 0 Å². The molecule has 3 N–H and O–H groups in total. The number of benzene rings is 1. The highest BCUT2D eigenvalue weighted by molar-refractivity contribution is 7.90. The van der Waals surface area contributed by atoms with E-state index in [0.29, 0.717) is 31.8 Å². The molecule has 3 heterocycles. The number of anilines is 3. The van der Waals surface area contributed by atoms with E-state index < -0.39 is 10.0 Å². The highest BCUT2D eigenvalue weighted by Gasteiger charge is 2.41. The quantitative estimate of drug-likeness (QED) is 0.579. The van der Waals surface area contributed by atoms with Crippen molar-refractivity contribution in [2.24, 2.45) is 0 Å². The molecule has 0 amide bonds. The fraction of sp³-hybridized carbons (Fsp3) is 0.421. The van der Waals surface area contributed by atoms with Crippen LogP contribution >= 0.6 is 0 Å². The minimum Gasteiger partial charge on any atom is -0.368 e. The molecule has 11 nitrogen and oxygen atoms in total. The summed E-state index contributed by atoms with van der Waals surface area (Å²) >= 11 is 0. The number of piperidine rings is 1. The lowest BCUT2D eigenvalue weighted by Crippen LogP contribution is -2.39. The summed E-state index contributed by atoms with van der Waals surface area (Å²) in [6, 6.07) is 9.44. The summed E-state index contributed by atoms with van der Waals surface area (Å²) in [5.74, 6) is 1.18. The molecule has 1 saturated heterocycles. The Hall–Kier alpha value is -3.12. The standard InChI is InChI=1S/C19H22N8O3S/c20-18-23-15(24-19(25-18)21-13-4-2-1-3-5-13)16-22-17(30-26-16)12-8-10-27(11-9-12)31(28,29)14-6-7-14/h1-5,12,14H,6-11H2,(H3,20,21,23,24,25). The third kappa shape index (κ3) is 4.21. The third-order valence-corrected chi connectivity index (χ3v) is 7.83. The highest BCUT2D eigenvalue weighted by Crippen LogP contribution is 2.35. The number of nitrogen functional groups attached to an aromatic ring is 1. The van der Waals surface area contributed by atoms with E-state index in [1.807, 2.05) is 30.3 Å². The number of hydrogen-bond acceptors (Lipinski definition) is 10. The predicted molar refractivity (Wildman–Crippen MR) is 113 cm³/mol. The van der Waals surface area contributed by atoms with E-state index in [0.717, 1.165) is 18.5 Å². The van der Waals surface area contributed by atoms with E-state index in [2.05, 4.69) is 30.4 Å². The van der Waals surface area contributed by atoms with Gasteiger partial charge in [-0.2, -0.15) is 19.9 Å². The number of aromatic nitrogens is 5. The molecule has 1 aliphatic heterocycles. The molecule has 3 aromatic rings. The second-order valence-electron chi connectivity index (χ2n) is 7.71. The molecular formula is C19H22N8O3S. The first-order valence-electron chi connectivity index (χ1n) is 10.2. The van der Waals surface area contributed by atoms with Crippen LogP contribution < -0.4 is 11.1 Å². The zero-order chi connectivity index (χ0) is 21.4. The van der Waals surface area contributed by atoms with Crippen LogP contribution in [-0.2, 0) is 10.0 Å².